The van der Waals surface area contributed by atoms with Crippen molar-refractivity contribution in [3.8, 4) is 5.75 Å². The number of ether oxygens (including phenoxy) is 1. The maximum atomic E-state index is 13.6. The molecule has 13 heteroatoms. The summed E-state index contributed by atoms with van der Waals surface area (Å²) in [7, 11) is 0. The summed E-state index contributed by atoms with van der Waals surface area (Å²) in [6, 6.07) is -3.21. The first kappa shape index (κ1) is 24.5. The third-order valence-electron chi connectivity index (χ3n) is 3.57. The summed E-state index contributed by atoms with van der Waals surface area (Å²) < 4.78 is 57.9. The van der Waals surface area contributed by atoms with E-state index >= 15 is 0 Å². The summed E-state index contributed by atoms with van der Waals surface area (Å²) in [5.41, 5.74) is 0. The van der Waals surface area contributed by atoms with Gasteiger partial charge in [0.25, 0.3) is 5.91 Å². The van der Waals surface area contributed by atoms with Gasteiger partial charge in [0.2, 0.25) is 23.3 Å². The SMILES string of the molecule is CC(=O)C(=O)N[C@@H](C)C(=O)N[C@@H](CC(=O)O)C(=O)COc1c(F)c(F)cc(F)c1F. The Kier molecular flexibility index (Phi) is 8.44. The van der Waals surface area contributed by atoms with Gasteiger partial charge in [-0.25, -0.2) is 8.78 Å². The van der Waals surface area contributed by atoms with E-state index in [1.165, 1.54) is 0 Å². The molecular formula is C17H16F4N2O7. The molecule has 2 atom stereocenters. The number of amides is 2. The normalized spacial score (nSPS) is 12.5. The van der Waals surface area contributed by atoms with Gasteiger partial charge in [-0.2, -0.15) is 8.78 Å². The van der Waals surface area contributed by atoms with E-state index in [0.29, 0.717) is 0 Å². The lowest BCUT2D eigenvalue weighted by molar-refractivity contribution is -0.141. The molecule has 1 aromatic rings. The number of halogens is 4. The highest BCUT2D eigenvalue weighted by atomic mass is 19.2. The molecule has 30 heavy (non-hydrogen) atoms. The Morgan fingerprint density at radius 1 is 1.03 bits per heavy atom. The number of carbonyl (C=O) groups is 5. The van der Waals surface area contributed by atoms with Crippen molar-refractivity contribution >= 4 is 29.4 Å². The number of hydrogen-bond acceptors (Lipinski definition) is 6. The maximum Gasteiger partial charge on any atom is 0.305 e. The van der Waals surface area contributed by atoms with E-state index in [0.717, 1.165) is 13.8 Å². The van der Waals surface area contributed by atoms with Crippen molar-refractivity contribution in [2.45, 2.75) is 32.4 Å². The zero-order chi connectivity index (χ0) is 23.2. The fourth-order valence-corrected chi connectivity index (χ4v) is 2.00. The monoisotopic (exact) mass is 436 g/mol. The van der Waals surface area contributed by atoms with E-state index in [-0.39, 0.29) is 6.07 Å². The molecule has 0 aliphatic rings. The van der Waals surface area contributed by atoms with Gasteiger partial charge in [-0.05, 0) is 6.92 Å². The van der Waals surface area contributed by atoms with Crippen molar-refractivity contribution in [1.29, 1.82) is 0 Å². The van der Waals surface area contributed by atoms with Gasteiger partial charge in [-0.15, -0.1) is 0 Å². The van der Waals surface area contributed by atoms with Crippen molar-refractivity contribution in [2.24, 2.45) is 0 Å². The number of ketones is 2. The van der Waals surface area contributed by atoms with Crippen LogP contribution in [0.15, 0.2) is 6.07 Å². The second-order valence-corrected chi connectivity index (χ2v) is 5.96. The highest BCUT2D eigenvalue weighted by Crippen LogP contribution is 2.26. The predicted octanol–water partition coefficient (Wildman–Crippen LogP) is 0.244. The molecule has 0 aliphatic carbocycles. The van der Waals surface area contributed by atoms with E-state index in [9.17, 15) is 41.5 Å². The molecule has 0 heterocycles. The van der Waals surface area contributed by atoms with Crippen LogP contribution in [-0.2, 0) is 24.0 Å². The van der Waals surface area contributed by atoms with Gasteiger partial charge in [0, 0.05) is 13.0 Å². The number of Topliss-reactive ketones (excluding diaryl/α,β-unsaturated/α-hetero) is 2. The van der Waals surface area contributed by atoms with Gasteiger partial charge >= 0.3 is 5.97 Å². The molecule has 0 unspecified atom stereocenters. The molecule has 2 amide bonds. The Balaban J connectivity index is 2.90. The number of aliphatic carboxylic acids is 1. The average Bonchev–Trinajstić information content (AvgIpc) is 2.64. The summed E-state index contributed by atoms with van der Waals surface area (Å²) in [5.74, 6) is -14.8. The molecule has 1 aromatic carbocycles. The number of hydrogen-bond donors (Lipinski definition) is 3. The van der Waals surface area contributed by atoms with Crippen LogP contribution in [-0.4, -0.2) is 53.1 Å². The van der Waals surface area contributed by atoms with Crippen LogP contribution in [0.2, 0.25) is 0 Å². The first-order chi connectivity index (χ1) is 13.8. The fraction of sp³-hybridized carbons (Fsp3) is 0.353. The predicted molar refractivity (Wildman–Crippen MR) is 89.2 cm³/mol. The zero-order valence-electron chi connectivity index (χ0n) is 15.6. The van der Waals surface area contributed by atoms with Gasteiger partial charge < -0.3 is 20.5 Å². The minimum Gasteiger partial charge on any atom is -0.481 e. The fourth-order valence-electron chi connectivity index (χ4n) is 2.00. The van der Waals surface area contributed by atoms with Crippen molar-refractivity contribution in [2.75, 3.05) is 6.61 Å². The Bertz CT molecular complexity index is 865. The molecule has 0 bridgehead atoms. The second-order valence-electron chi connectivity index (χ2n) is 5.96. The molecule has 0 saturated carbocycles. The molecular weight excluding hydrogens is 420 g/mol. The van der Waals surface area contributed by atoms with Gasteiger partial charge in [-0.1, -0.05) is 0 Å². The number of nitrogens with one attached hydrogen (secondary N) is 2. The van der Waals surface area contributed by atoms with Crippen LogP contribution >= 0.6 is 0 Å². The lowest BCUT2D eigenvalue weighted by Crippen LogP contribution is -2.52. The van der Waals surface area contributed by atoms with Gasteiger partial charge in [-0.3, -0.25) is 24.0 Å². The van der Waals surface area contributed by atoms with Crippen LogP contribution in [0.4, 0.5) is 17.6 Å². The number of carboxylic acids is 1. The Labute approximate surface area is 166 Å². The van der Waals surface area contributed by atoms with Gasteiger partial charge in [0.1, 0.15) is 18.7 Å². The first-order valence-corrected chi connectivity index (χ1v) is 8.17. The van der Waals surface area contributed by atoms with Crippen LogP contribution in [0.25, 0.3) is 0 Å². The van der Waals surface area contributed by atoms with Crippen LogP contribution in [0.1, 0.15) is 20.3 Å². The van der Waals surface area contributed by atoms with Crippen LogP contribution in [0.3, 0.4) is 0 Å². The quantitative estimate of drug-likeness (QED) is 0.271. The molecule has 9 nitrogen and oxygen atoms in total. The minimum absolute atomic E-state index is 0.0798. The molecule has 0 saturated heterocycles. The van der Waals surface area contributed by atoms with Crippen LogP contribution in [0, 0.1) is 23.3 Å². The molecule has 1 rings (SSSR count). The van der Waals surface area contributed by atoms with Crippen LogP contribution in [0.5, 0.6) is 5.75 Å². The van der Waals surface area contributed by atoms with Crippen molar-refractivity contribution in [3.63, 3.8) is 0 Å². The summed E-state index contributed by atoms with van der Waals surface area (Å²) in [6.07, 6.45) is -0.982. The number of carbonyl (C=O) groups excluding carboxylic acids is 4. The highest BCUT2D eigenvalue weighted by Gasteiger charge is 2.28. The Hall–Kier alpha value is -3.51. The summed E-state index contributed by atoms with van der Waals surface area (Å²) >= 11 is 0. The summed E-state index contributed by atoms with van der Waals surface area (Å²) in [4.78, 5) is 57.3. The number of rotatable bonds is 10. The zero-order valence-corrected chi connectivity index (χ0v) is 15.6. The van der Waals surface area contributed by atoms with Crippen LogP contribution < -0.4 is 15.4 Å². The number of benzene rings is 1. The van der Waals surface area contributed by atoms with E-state index in [2.05, 4.69) is 4.74 Å². The summed E-state index contributed by atoms with van der Waals surface area (Å²) in [5, 5.41) is 12.8. The van der Waals surface area contributed by atoms with E-state index < -0.39 is 83.5 Å². The van der Waals surface area contributed by atoms with Crippen molar-refractivity contribution < 1.29 is 51.4 Å². The molecule has 0 spiro atoms. The average molecular weight is 436 g/mol. The molecule has 0 aliphatic heterocycles. The van der Waals surface area contributed by atoms with Crippen molar-refractivity contribution in [1.82, 2.24) is 10.6 Å². The third kappa shape index (κ3) is 6.53. The smallest absolute Gasteiger partial charge is 0.305 e. The number of carboxylic acid groups (broad SMARTS) is 1. The molecule has 0 radical (unpaired) electrons. The molecule has 0 aromatic heterocycles. The minimum atomic E-state index is -1.92. The molecule has 164 valence electrons. The standard InChI is InChI=1S/C17H16F4N2O7/c1-6(22-17(29)7(2)24)16(28)23-10(4-12(26)27)11(25)5-30-15-13(20)8(18)3-9(19)14(15)21/h3,6,10H,4-5H2,1-2H3,(H,22,29)(H,23,28)(H,26,27)/t6-,10-/m0/s1. The summed E-state index contributed by atoms with van der Waals surface area (Å²) in [6.45, 7) is 0.819. The van der Waals surface area contributed by atoms with Gasteiger partial charge in [0.15, 0.2) is 23.2 Å². The topological polar surface area (TPSA) is 139 Å². The van der Waals surface area contributed by atoms with E-state index in [4.69, 9.17) is 5.11 Å². The Morgan fingerprint density at radius 3 is 2.03 bits per heavy atom. The largest absolute Gasteiger partial charge is 0.481 e. The highest BCUT2D eigenvalue weighted by molar-refractivity contribution is 6.35. The van der Waals surface area contributed by atoms with Gasteiger partial charge in [0.05, 0.1) is 6.42 Å². The first-order valence-electron chi connectivity index (χ1n) is 8.17. The Morgan fingerprint density at radius 2 is 1.57 bits per heavy atom. The second kappa shape index (κ2) is 10.3. The maximum absolute atomic E-state index is 13.6. The third-order valence-corrected chi connectivity index (χ3v) is 3.57. The molecule has 3 N–H and O–H groups in total. The lowest BCUT2D eigenvalue weighted by Gasteiger charge is -2.19. The van der Waals surface area contributed by atoms with Crippen molar-refractivity contribution in [3.05, 3.63) is 29.3 Å². The lowest BCUT2D eigenvalue weighted by atomic mass is 10.1. The van der Waals surface area contributed by atoms with E-state index in [1.54, 1.807) is 0 Å². The van der Waals surface area contributed by atoms with E-state index in [1.807, 2.05) is 10.6 Å². The molecule has 0 fully saturated rings.